The van der Waals surface area contributed by atoms with Crippen LogP contribution in [0.1, 0.15) is 51.9 Å². The molecular formula is C13H24N2O. The summed E-state index contributed by atoms with van der Waals surface area (Å²) in [5.74, 6) is 0.889. The number of rotatable bonds is 2. The highest BCUT2D eigenvalue weighted by Crippen LogP contribution is 2.23. The van der Waals surface area contributed by atoms with E-state index in [-0.39, 0.29) is 11.9 Å². The summed E-state index contributed by atoms with van der Waals surface area (Å²) in [6, 6.07) is 0.493. The van der Waals surface area contributed by atoms with Crippen molar-refractivity contribution in [2.75, 3.05) is 6.54 Å². The molecule has 0 aromatic heterocycles. The highest BCUT2D eigenvalue weighted by atomic mass is 16.2. The summed E-state index contributed by atoms with van der Waals surface area (Å²) in [5.41, 5.74) is 0. The van der Waals surface area contributed by atoms with E-state index in [1.807, 2.05) is 0 Å². The zero-order chi connectivity index (χ0) is 11.4. The second-order valence-corrected chi connectivity index (χ2v) is 5.38. The molecule has 1 saturated heterocycles. The van der Waals surface area contributed by atoms with Crippen LogP contribution in [0.3, 0.4) is 0 Å². The molecule has 0 radical (unpaired) electrons. The molecule has 3 unspecified atom stereocenters. The molecule has 0 aromatic carbocycles. The molecule has 0 spiro atoms. The summed E-state index contributed by atoms with van der Waals surface area (Å²) in [6.07, 6.45) is 8.44. The molecule has 1 saturated carbocycles. The van der Waals surface area contributed by atoms with Gasteiger partial charge in [0.2, 0.25) is 5.91 Å². The van der Waals surface area contributed by atoms with Crippen molar-refractivity contribution in [2.24, 2.45) is 5.92 Å². The third kappa shape index (κ3) is 2.97. The summed E-state index contributed by atoms with van der Waals surface area (Å²) in [4.78, 5) is 12.0. The van der Waals surface area contributed by atoms with Crippen molar-refractivity contribution < 1.29 is 4.79 Å². The number of hydrogen-bond donors (Lipinski definition) is 2. The zero-order valence-electron chi connectivity index (χ0n) is 10.3. The van der Waals surface area contributed by atoms with Crippen molar-refractivity contribution in [3.8, 4) is 0 Å². The molecule has 2 rings (SSSR count). The molecule has 0 aromatic rings. The molecule has 2 N–H and O–H groups in total. The Morgan fingerprint density at radius 3 is 2.56 bits per heavy atom. The number of hydrogen-bond acceptors (Lipinski definition) is 2. The fourth-order valence-corrected chi connectivity index (χ4v) is 2.89. The van der Waals surface area contributed by atoms with Gasteiger partial charge in [-0.3, -0.25) is 4.79 Å². The van der Waals surface area contributed by atoms with Gasteiger partial charge in [-0.2, -0.15) is 0 Å². The molecule has 3 heteroatoms. The average molecular weight is 224 g/mol. The van der Waals surface area contributed by atoms with Crippen LogP contribution in [0.25, 0.3) is 0 Å². The lowest BCUT2D eigenvalue weighted by molar-refractivity contribution is -0.125. The molecule has 3 atom stereocenters. The number of amides is 1. The predicted octanol–water partition coefficient (Wildman–Crippen LogP) is 1.82. The maximum atomic E-state index is 12.0. The van der Waals surface area contributed by atoms with E-state index < -0.39 is 0 Å². The first-order valence-corrected chi connectivity index (χ1v) is 6.81. The van der Waals surface area contributed by atoms with Gasteiger partial charge >= 0.3 is 0 Å². The van der Waals surface area contributed by atoms with Crippen molar-refractivity contribution in [3.63, 3.8) is 0 Å². The van der Waals surface area contributed by atoms with Crippen LogP contribution in [0.4, 0.5) is 0 Å². The topological polar surface area (TPSA) is 41.1 Å². The van der Waals surface area contributed by atoms with Crippen molar-refractivity contribution >= 4 is 5.91 Å². The summed E-state index contributed by atoms with van der Waals surface area (Å²) >= 11 is 0. The van der Waals surface area contributed by atoms with Crippen LogP contribution in [0.2, 0.25) is 0 Å². The molecule has 16 heavy (non-hydrogen) atoms. The maximum absolute atomic E-state index is 12.0. The van der Waals surface area contributed by atoms with Crippen LogP contribution in [-0.4, -0.2) is 24.5 Å². The van der Waals surface area contributed by atoms with E-state index >= 15 is 0 Å². The second kappa shape index (κ2) is 5.67. The van der Waals surface area contributed by atoms with Crippen LogP contribution in [0, 0.1) is 5.92 Å². The predicted molar refractivity (Wildman–Crippen MR) is 65.2 cm³/mol. The van der Waals surface area contributed by atoms with E-state index in [1.54, 1.807) is 0 Å². The van der Waals surface area contributed by atoms with Gasteiger partial charge in [0.1, 0.15) is 0 Å². The monoisotopic (exact) mass is 224 g/mol. The lowest BCUT2D eigenvalue weighted by atomic mass is 9.85. The fourth-order valence-electron chi connectivity index (χ4n) is 2.89. The minimum atomic E-state index is 0.0721. The van der Waals surface area contributed by atoms with E-state index in [9.17, 15) is 4.79 Å². The highest BCUT2D eigenvalue weighted by Gasteiger charge is 2.26. The molecule has 2 aliphatic rings. The molecule has 1 heterocycles. The van der Waals surface area contributed by atoms with Gasteiger partial charge in [0.05, 0.1) is 6.04 Å². The molecular weight excluding hydrogens is 200 g/mol. The Hall–Kier alpha value is -0.570. The Balaban J connectivity index is 1.80. The van der Waals surface area contributed by atoms with Gasteiger partial charge < -0.3 is 10.6 Å². The quantitative estimate of drug-likeness (QED) is 0.751. The van der Waals surface area contributed by atoms with Gasteiger partial charge in [0.15, 0.2) is 0 Å². The Bertz CT molecular complexity index is 236. The molecule has 3 nitrogen and oxygen atoms in total. The van der Waals surface area contributed by atoms with Crippen molar-refractivity contribution in [1.29, 1.82) is 0 Å². The van der Waals surface area contributed by atoms with E-state index in [0.29, 0.717) is 12.0 Å². The molecule has 2 fully saturated rings. The van der Waals surface area contributed by atoms with Crippen LogP contribution >= 0.6 is 0 Å². The first-order valence-electron chi connectivity index (χ1n) is 6.81. The van der Waals surface area contributed by atoms with E-state index in [4.69, 9.17) is 0 Å². The minimum Gasteiger partial charge on any atom is -0.352 e. The number of nitrogens with one attached hydrogen (secondary N) is 2. The Labute approximate surface area is 98.4 Å². The largest absolute Gasteiger partial charge is 0.352 e. The average Bonchev–Trinajstić information content (AvgIpc) is 2.33. The van der Waals surface area contributed by atoms with E-state index in [0.717, 1.165) is 13.0 Å². The summed E-state index contributed by atoms with van der Waals surface area (Å²) in [5, 5.41) is 6.55. The van der Waals surface area contributed by atoms with Gasteiger partial charge in [-0.1, -0.05) is 26.2 Å². The van der Waals surface area contributed by atoms with E-state index in [1.165, 1.54) is 38.5 Å². The lowest BCUT2D eigenvalue weighted by Gasteiger charge is -2.32. The van der Waals surface area contributed by atoms with Crippen molar-refractivity contribution in [3.05, 3.63) is 0 Å². The fraction of sp³-hybridized carbons (Fsp3) is 0.923. The van der Waals surface area contributed by atoms with Gasteiger partial charge in [-0.15, -0.1) is 0 Å². The summed E-state index contributed by atoms with van der Waals surface area (Å²) < 4.78 is 0. The standard InChI is InChI=1S/C13H24N2O/c1-10-6-2-3-7-11(10)15-13(16)12-8-4-5-9-14-12/h10-12,14H,2-9H2,1H3,(H,15,16). The molecule has 92 valence electrons. The Kier molecular flexibility index (Phi) is 4.22. The van der Waals surface area contributed by atoms with Crippen LogP contribution < -0.4 is 10.6 Å². The first-order chi connectivity index (χ1) is 7.77. The second-order valence-electron chi connectivity index (χ2n) is 5.38. The third-order valence-corrected chi connectivity index (χ3v) is 4.07. The minimum absolute atomic E-state index is 0.0721. The summed E-state index contributed by atoms with van der Waals surface area (Å²) in [6.45, 7) is 3.26. The Morgan fingerprint density at radius 2 is 1.88 bits per heavy atom. The molecule has 0 bridgehead atoms. The maximum Gasteiger partial charge on any atom is 0.237 e. The zero-order valence-corrected chi connectivity index (χ0v) is 10.3. The molecule has 1 amide bonds. The molecule has 1 aliphatic carbocycles. The lowest BCUT2D eigenvalue weighted by Crippen LogP contribution is -2.51. The van der Waals surface area contributed by atoms with E-state index in [2.05, 4.69) is 17.6 Å². The SMILES string of the molecule is CC1CCCCC1NC(=O)C1CCCCN1. The first kappa shape index (κ1) is 11.9. The van der Waals surface area contributed by atoms with Gasteiger partial charge in [-0.05, 0) is 38.1 Å². The normalized spacial score (nSPS) is 35.7. The van der Waals surface area contributed by atoms with Gasteiger partial charge in [0, 0.05) is 6.04 Å². The van der Waals surface area contributed by atoms with Crippen LogP contribution in [0.5, 0.6) is 0 Å². The van der Waals surface area contributed by atoms with Crippen LogP contribution in [0.15, 0.2) is 0 Å². The number of carbonyl (C=O) groups is 1. The van der Waals surface area contributed by atoms with Crippen molar-refractivity contribution in [1.82, 2.24) is 10.6 Å². The van der Waals surface area contributed by atoms with Gasteiger partial charge in [-0.25, -0.2) is 0 Å². The number of piperidine rings is 1. The van der Waals surface area contributed by atoms with Crippen LogP contribution in [-0.2, 0) is 4.79 Å². The smallest absolute Gasteiger partial charge is 0.237 e. The van der Waals surface area contributed by atoms with Gasteiger partial charge in [0.25, 0.3) is 0 Å². The third-order valence-electron chi connectivity index (χ3n) is 4.07. The summed E-state index contributed by atoms with van der Waals surface area (Å²) in [7, 11) is 0. The van der Waals surface area contributed by atoms with Crippen molar-refractivity contribution in [2.45, 2.75) is 64.0 Å². The highest BCUT2D eigenvalue weighted by molar-refractivity contribution is 5.82. The number of carbonyl (C=O) groups excluding carboxylic acids is 1. The Morgan fingerprint density at radius 1 is 1.12 bits per heavy atom. The molecule has 1 aliphatic heterocycles.